The maximum absolute atomic E-state index is 14.0. The van der Waals surface area contributed by atoms with E-state index in [0.717, 1.165) is 16.7 Å². The number of ketones is 1. The number of hydrogen-bond acceptors (Lipinski definition) is 7. The summed E-state index contributed by atoms with van der Waals surface area (Å²) in [5.74, 6) is -2.13. The standard InChI is InChI=1S/C38H53N5O6/c1-25(2)20-30(34(45)38(5)24-49-38)40-37(48)32(22-28-16-12-9-13-17-28)42-36(47)31(21-26(3)4)41-35(46)29(39-33(44)23-43(6)7)19-18-27-14-10-8-11-15-27/h8-17,20,26,29-32H,18-19,21-24H2,1-7H3,(H,39,44)(H,40,48)(H,41,46)(H,42,47)/t29-,30?,31?,32?,38?/m0/s1. The van der Waals surface area contributed by atoms with Gasteiger partial charge in [0.05, 0.1) is 13.2 Å². The van der Waals surface area contributed by atoms with E-state index in [4.69, 9.17) is 4.74 Å². The molecule has 1 saturated heterocycles. The first-order valence-electron chi connectivity index (χ1n) is 16.9. The highest BCUT2D eigenvalue weighted by Gasteiger charge is 2.49. The highest BCUT2D eigenvalue weighted by molar-refractivity contribution is 6.00. The Balaban J connectivity index is 1.83. The van der Waals surface area contributed by atoms with Gasteiger partial charge in [-0.15, -0.1) is 0 Å². The SMILES string of the molecule is CC(C)=CC(NC(=O)C(Cc1ccccc1)NC(=O)C(CC(C)C)NC(=O)[C@H](CCc1ccccc1)NC(=O)CN(C)C)C(=O)C1(C)CO1. The Bertz CT molecular complexity index is 1450. The fourth-order valence-electron chi connectivity index (χ4n) is 5.41. The second-order valence-corrected chi connectivity index (χ2v) is 13.9. The zero-order valence-electron chi connectivity index (χ0n) is 29.9. The van der Waals surface area contributed by atoms with E-state index in [0.29, 0.717) is 19.3 Å². The molecule has 0 radical (unpaired) electrons. The zero-order valence-corrected chi connectivity index (χ0v) is 29.9. The lowest BCUT2D eigenvalue weighted by molar-refractivity contribution is -0.134. The predicted molar refractivity (Wildman–Crippen MR) is 189 cm³/mol. The molecule has 1 aliphatic rings. The van der Waals surface area contributed by atoms with Crippen molar-refractivity contribution in [3.63, 3.8) is 0 Å². The number of rotatable bonds is 19. The molecule has 0 spiro atoms. The summed E-state index contributed by atoms with van der Waals surface area (Å²) in [6.45, 7) is 9.60. The quantitative estimate of drug-likeness (QED) is 0.132. The van der Waals surface area contributed by atoms with Crippen LogP contribution in [0.5, 0.6) is 0 Å². The molecule has 0 saturated carbocycles. The van der Waals surface area contributed by atoms with Crippen LogP contribution in [0.3, 0.4) is 0 Å². The number of carbonyl (C=O) groups is 5. The van der Waals surface area contributed by atoms with Gasteiger partial charge in [0.15, 0.2) is 5.78 Å². The van der Waals surface area contributed by atoms with Crippen molar-refractivity contribution in [3.8, 4) is 0 Å². The molecule has 2 aromatic rings. The van der Waals surface area contributed by atoms with Crippen molar-refractivity contribution >= 4 is 29.4 Å². The minimum atomic E-state index is -1.05. The molecule has 49 heavy (non-hydrogen) atoms. The number of benzene rings is 2. The maximum Gasteiger partial charge on any atom is 0.243 e. The van der Waals surface area contributed by atoms with Gasteiger partial charge in [0.1, 0.15) is 29.8 Å². The number of allylic oxidation sites excluding steroid dienone is 1. The molecule has 0 aromatic heterocycles. The molecule has 5 atom stereocenters. The molecule has 4 N–H and O–H groups in total. The smallest absolute Gasteiger partial charge is 0.243 e. The topological polar surface area (TPSA) is 149 Å². The molecule has 0 bridgehead atoms. The van der Waals surface area contributed by atoms with Gasteiger partial charge >= 0.3 is 0 Å². The molecule has 4 amide bonds. The lowest BCUT2D eigenvalue weighted by Crippen LogP contribution is -2.59. The third-order valence-corrected chi connectivity index (χ3v) is 8.11. The van der Waals surface area contributed by atoms with Gasteiger partial charge in [-0.05, 0) is 71.2 Å². The first-order chi connectivity index (χ1) is 23.2. The molecule has 11 nitrogen and oxygen atoms in total. The molecule has 1 fully saturated rings. The zero-order chi connectivity index (χ0) is 36.1. The van der Waals surface area contributed by atoms with Crippen molar-refractivity contribution in [3.05, 3.63) is 83.4 Å². The summed E-state index contributed by atoms with van der Waals surface area (Å²) >= 11 is 0. The summed E-state index contributed by atoms with van der Waals surface area (Å²) in [4.78, 5) is 69.3. The van der Waals surface area contributed by atoms with Crippen LogP contribution in [0.1, 0.15) is 58.6 Å². The number of carbonyl (C=O) groups excluding carboxylic acids is 5. The highest BCUT2D eigenvalue weighted by atomic mass is 16.6. The third kappa shape index (κ3) is 13.2. The molecular weight excluding hydrogens is 622 g/mol. The van der Waals surface area contributed by atoms with Gasteiger partial charge < -0.3 is 30.9 Å². The first-order valence-corrected chi connectivity index (χ1v) is 16.9. The Morgan fingerprint density at radius 3 is 1.86 bits per heavy atom. The number of Topliss-reactive ketones (excluding diaryl/α,β-unsaturated/α-hetero) is 1. The molecule has 1 heterocycles. The van der Waals surface area contributed by atoms with E-state index >= 15 is 0 Å². The van der Waals surface area contributed by atoms with E-state index in [1.54, 1.807) is 32.0 Å². The third-order valence-electron chi connectivity index (χ3n) is 8.11. The number of ether oxygens (including phenoxy) is 1. The lowest BCUT2D eigenvalue weighted by atomic mass is 9.97. The minimum Gasteiger partial charge on any atom is -0.361 e. The van der Waals surface area contributed by atoms with Crippen LogP contribution < -0.4 is 21.3 Å². The summed E-state index contributed by atoms with van der Waals surface area (Å²) in [5.41, 5.74) is 1.69. The Kier molecular flexibility index (Phi) is 14.7. The van der Waals surface area contributed by atoms with Crippen LogP contribution in [-0.4, -0.2) is 91.3 Å². The number of likely N-dealkylation sites (N-methyl/N-ethyl adjacent to an activating group) is 1. The number of epoxide rings is 1. The van der Waals surface area contributed by atoms with Crippen LogP contribution >= 0.6 is 0 Å². The van der Waals surface area contributed by atoms with Gasteiger partial charge in [-0.3, -0.25) is 24.0 Å². The van der Waals surface area contributed by atoms with Gasteiger partial charge in [-0.1, -0.05) is 86.2 Å². The van der Waals surface area contributed by atoms with Crippen LogP contribution in [0.15, 0.2) is 72.3 Å². The fraction of sp³-hybridized carbons (Fsp3) is 0.500. The average molecular weight is 676 g/mol. The lowest BCUT2D eigenvalue weighted by Gasteiger charge is -2.27. The molecule has 11 heteroatoms. The maximum atomic E-state index is 14.0. The predicted octanol–water partition coefficient (Wildman–Crippen LogP) is 2.73. The van der Waals surface area contributed by atoms with Gasteiger partial charge in [0.2, 0.25) is 23.6 Å². The summed E-state index contributed by atoms with van der Waals surface area (Å²) in [6.07, 6.45) is 2.99. The van der Waals surface area contributed by atoms with Crippen molar-refractivity contribution in [1.82, 2.24) is 26.2 Å². The number of nitrogens with one attached hydrogen (secondary N) is 4. The van der Waals surface area contributed by atoms with E-state index in [9.17, 15) is 24.0 Å². The summed E-state index contributed by atoms with van der Waals surface area (Å²) in [7, 11) is 3.53. The van der Waals surface area contributed by atoms with E-state index in [-0.39, 0.29) is 37.2 Å². The fourth-order valence-corrected chi connectivity index (χ4v) is 5.41. The van der Waals surface area contributed by atoms with Crippen LogP contribution in [0.25, 0.3) is 0 Å². The van der Waals surface area contributed by atoms with Crippen LogP contribution in [0.2, 0.25) is 0 Å². The van der Waals surface area contributed by atoms with E-state index in [1.165, 1.54) is 0 Å². The molecular formula is C38H53N5O6. The van der Waals surface area contributed by atoms with Gasteiger partial charge in [-0.25, -0.2) is 0 Å². The van der Waals surface area contributed by atoms with Crippen LogP contribution in [-0.2, 0) is 41.6 Å². The van der Waals surface area contributed by atoms with Gasteiger partial charge in [-0.2, -0.15) is 0 Å². The molecule has 0 aliphatic carbocycles. The van der Waals surface area contributed by atoms with Crippen molar-refractivity contribution in [2.24, 2.45) is 5.92 Å². The van der Waals surface area contributed by atoms with Crippen molar-refractivity contribution in [1.29, 1.82) is 0 Å². The first kappa shape index (κ1) is 39.1. The number of aryl methyl sites for hydroxylation is 1. The largest absolute Gasteiger partial charge is 0.361 e. The van der Waals surface area contributed by atoms with Crippen molar-refractivity contribution in [2.45, 2.75) is 90.1 Å². The molecule has 3 rings (SSSR count). The normalized spacial score (nSPS) is 17.7. The van der Waals surface area contributed by atoms with Gasteiger partial charge in [0.25, 0.3) is 0 Å². The van der Waals surface area contributed by atoms with Crippen molar-refractivity contribution < 1.29 is 28.7 Å². The minimum absolute atomic E-state index is 0.0162. The Morgan fingerprint density at radius 2 is 1.33 bits per heavy atom. The average Bonchev–Trinajstić information content (AvgIpc) is 3.79. The van der Waals surface area contributed by atoms with Gasteiger partial charge in [0, 0.05) is 6.42 Å². The highest BCUT2D eigenvalue weighted by Crippen LogP contribution is 2.29. The summed E-state index contributed by atoms with van der Waals surface area (Å²) in [5, 5.41) is 11.4. The molecule has 4 unspecified atom stereocenters. The van der Waals surface area contributed by atoms with E-state index < -0.39 is 47.5 Å². The molecule has 1 aliphatic heterocycles. The Hall–Kier alpha value is -4.35. The second kappa shape index (κ2) is 18.4. The molecule has 266 valence electrons. The monoisotopic (exact) mass is 675 g/mol. The molecule has 2 aromatic carbocycles. The summed E-state index contributed by atoms with van der Waals surface area (Å²) in [6, 6.07) is 15.0. The number of nitrogens with zero attached hydrogens (tertiary/aromatic N) is 1. The number of amides is 4. The van der Waals surface area contributed by atoms with E-state index in [2.05, 4.69) is 21.3 Å². The van der Waals surface area contributed by atoms with E-state index in [1.807, 2.05) is 88.4 Å². The van der Waals surface area contributed by atoms with Crippen LogP contribution in [0.4, 0.5) is 0 Å². The van der Waals surface area contributed by atoms with Crippen LogP contribution in [0, 0.1) is 5.92 Å². The van der Waals surface area contributed by atoms with Crippen molar-refractivity contribution in [2.75, 3.05) is 27.2 Å². The Morgan fingerprint density at radius 1 is 0.796 bits per heavy atom. The second-order valence-electron chi connectivity index (χ2n) is 13.9. The number of hydrogen-bond donors (Lipinski definition) is 4. The Labute approximate surface area is 290 Å². The summed E-state index contributed by atoms with van der Waals surface area (Å²) < 4.78 is 5.36.